The molecule has 2 rings (SSSR count). The Bertz CT molecular complexity index is 697. The number of nitro groups is 1. The Morgan fingerprint density at radius 1 is 1.30 bits per heavy atom. The van der Waals surface area contributed by atoms with Crippen LogP contribution in [0.25, 0.3) is 0 Å². The van der Waals surface area contributed by atoms with Gasteiger partial charge in [-0.25, -0.2) is 13.1 Å². The van der Waals surface area contributed by atoms with Crippen molar-refractivity contribution in [1.29, 1.82) is 0 Å². The molecule has 1 aliphatic rings. The Morgan fingerprint density at radius 2 is 1.87 bits per heavy atom. The molecule has 0 radical (unpaired) electrons. The molecule has 3 N–H and O–H groups in total. The smallest absolute Gasteiger partial charge is 0.292 e. The van der Waals surface area contributed by atoms with Crippen LogP contribution in [0.5, 0.6) is 0 Å². The number of nitrogens with two attached hydrogens (primary N) is 1. The van der Waals surface area contributed by atoms with Crippen molar-refractivity contribution in [2.45, 2.75) is 50.5 Å². The molecule has 1 saturated carbocycles. The minimum atomic E-state index is -4.01. The van der Waals surface area contributed by atoms with Gasteiger partial charge < -0.3 is 5.73 Å². The lowest BCUT2D eigenvalue weighted by Gasteiger charge is -2.23. The Kier molecular flexibility index (Phi) is 5.38. The fourth-order valence-corrected chi connectivity index (χ4v) is 5.08. The summed E-state index contributed by atoms with van der Waals surface area (Å²) in [6.07, 6.45) is 3.98. The van der Waals surface area contributed by atoms with E-state index in [0.29, 0.717) is 11.1 Å². The van der Waals surface area contributed by atoms with Gasteiger partial charge in [0, 0.05) is 18.2 Å². The molecule has 7 nitrogen and oxygen atoms in total. The molecule has 0 saturated heterocycles. The average Bonchev–Trinajstić information content (AvgIpc) is 3.00. The number of nitrogens with one attached hydrogen (secondary N) is 1. The van der Waals surface area contributed by atoms with Gasteiger partial charge in [0.05, 0.1) is 4.92 Å². The Labute approximate surface area is 136 Å². The molecule has 1 fully saturated rings. The standard InChI is InChI=1S/C15H23N3O4S/c1-10-7-8-11(2)15(14(10)18(19)20)23(21,22)17-13(9-16)12-5-3-4-6-12/h7-8,12-13,17H,3-6,9,16H2,1-2H3. The van der Waals surface area contributed by atoms with Crippen LogP contribution in [-0.4, -0.2) is 25.9 Å². The summed E-state index contributed by atoms with van der Waals surface area (Å²) in [5.74, 6) is 0.193. The fourth-order valence-electron chi connectivity index (χ4n) is 3.29. The molecule has 23 heavy (non-hydrogen) atoms. The molecule has 1 aromatic rings. The highest BCUT2D eigenvalue weighted by atomic mass is 32.2. The lowest BCUT2D eigenvalue weighted by molar-refractivity contribution is -0.388. The van der Waals surface area contributed by atoms with Crippen LogP contribution in [0.3, 0.4) is 0 Å². The lowest BCUT2D eigenvalue weighted by Crippen LogP contribution is -2.44. The third-order valence-electron chi connectivity index (χ3n) is 4.51. The molecule has 0 heterocycles. The van der Waals surface area contributed by atoms with Crippen molar-refractivity contribution in [3.63, 3.8) is 0 Å². The highest BCUT2D eigenvalue weighted by Gasteiger charge is 2.34. The Morgan fingerprint density at radius 3 is 2.39 bits per heavy atom. The third-order valence-corrected chi connectivity index (χ3v) is 6.18. The molecule has 8 heteroatoms. The van der Waals surface area contributed by atoms with Crippen LogP contribution in [-0.2, 0) is 10.0 Å². The number of benzene rings is 1. The second-order valence-corrected chi connectivity index (χ2v) is 7.79. The van der Waals surface area contributed by atoms with Crippen molar-refractivity contribution in [1.82, 2.24) is 4.72 Å². The molecular weight excluding hydrogens is 318 g/mol. The molecule has 1 aliphatic carbocycles. The number of sulfonamides is 1. The van der Waals surface area contributed by atoms with Crippen molar-refractivity contribution in [3.05, 3.63) is 33.4 Å². The summed E-state index contributed by atoms with van der Waals surface area (Å²) in [6.45, 7) is 3.28. The summed E-state index contributed by atoms with van der Waals surface area (Å²) in [5.41, 5.74) is 6.06. The molecular formula is C15H23N3O4S. The number of aryl methyl sites for hydroxylation is 2. The van der Waals surface area contributed by atoms with E-state index in [0.717, 1.165) is 25.7 Å². The summed E-state index contributed by atoms with van der Waals surface area (Å²) in [4.78, 5) is 10.5. The average molecular weight is 341 g/mol. The quantitative estimate of drug-likeness (QED) is 0.606. The highest BCUT2D eigenvalue weighted by molar-refractivity contribution is 7.89. The van der Waals surface area contributed by atoms with Crippen molar-refractivity contribution < 1.29 is 13.3 Å². The first-order valence-electron chi connectivity index (χ1n) is 7.75. The molecule has 1 atom stereocenters. The van der Waals surface area contributed by atoms with Gasteiger partial charge in [-0.1, -0.05) is 25.0 Å². The first kappa shape index (κ1) is 17.8. The largest absolute Gasteiger partial charge is 0.329 e. The Balaban J connectivity index is 2.43. The Hall–Kier alpha value is -1.51. The second-order valence-electron chi connectivity index (χ2n) is 6.14. The van der Waals surface area contributed by atoms with Gasteiger partial charge in [-0.05, 0) is 38.2 Å². The predicted octanol–water partition coefficient (Wildman–Crippen LogP) is 2.01. The van der Waals surface area contributed by atoms with E-state index in [1.165, 1.54) is 6.92 Å². The van der Waals surface area contributed by atoms with Gasteiger partial charge in [0.25, 0.3) is 5.69 Å². The SMILES string of the molecule is Cc1ccc(C)c(S(=O)(=O)NC(CN)C2CCCC2)c1[N+](=O)[O-]. The van der Waals surface area contributed by atoms with Crippen LogP contribution in [0.4, 0.5) is 5.69 Å². The zero-order valence-corrected chi connectivity index (χ0v) is 14.2. The maximum absolute atomic E-state index is 12.8. The van der Waals surface area contributed by atoms with Gasteiger partial charge in [0.2, 0.25) is 10.0 Å². The molecule has 0 aliphatic heterocycles. The predicted molar refractivity (Wildman–Crippen MR) is 87.7 cm³/mol. The van der Waals surface area contributed by atoms with Crippen molar-refractivity contribution in [2.24, 2.45) is 11.7 Å². The maximum Gasteiger partial charge on any atom is 0.292 e. The number of nitrogens with zero attached hydrogens (tertiary/aromatic N) is 1. The maximum atomic E-state index is 12.8. The van der Waals surface area contributed by atoms with E-state index < -0.39 is 14.9 Å². The van der Waals surface area contributed by atoms with Gasteiger partial charge in [0.15, 0.2) is 4.90 Å². The zero-order valence-electron chi connectivity index (χ0n) is 13.4. The molecule has 0 amide bonds. The van der Waals surface area contributed by atoms with Crippen molar-refractivity contribution in [2.75, 3.05) is 6.54 Å². The van der Waals surface area contributed by atoms with Gasteiger partial charge in [-0.3, -0.25) is 10.1 Å². The first-order valence-corrected chi connectivity index (χ1v) is 9.23. The van der Waals surface area contributed by atoms with E-state index in [1.54, 1.807) is 19.1 Å². The summed E-state index contributed by atoms with van der Waals surface area (Å²) < 4.78 is 28.2. The first-order chi connectivity index (χ1) is 10.8. The van der Waals surface area contributed by atoms with Gasteiger partial charge in [0.1, 0.15) is 0 Å². The van der Waals surface area contributed by atoms with Crippen LogP contribution in [0.2, 0.25) is 0 Å². The summed E-state index contributed by atoms with van der Waals surface area (Å²) >= 11 is 0. The van der Waals surface area contributed by atoms with E-state index in [-0.39, 0.29) is 29.1 Å². The fraction of sp³-hybridized carbons (Fsp3) is 0.600. The highest BCUT2D eigenvalue weighted by Crippen LogP contribution is 2.32. The van der Waals surface area contributed by atoms with E-state index in [9.17, 15) is 18.5 Å². The van der Waals surface area contributed by atoms with Crippen molar-refractivity contribution >= 4 is 15.7 Å². The lowest BCUT2D eigenvalue weighted by atomic mass is 9.99. The van der Waals surface area contributed by atoms with E-state index in [1.807, 2.05) is 0 Å². The second kappa shape index (κ2) is 6.94. The van der Waals surface area contributed by atoms with Crippen LogP contribution >= 0.6 is 0 Å². The minimum Gasteiger partial charge on any atom is -0.329 e. The molecule has 1 unspecified atom stereocenters. The summed E-state index contributed by atoms with van der Waals surface area (Å²) in [6, 6.07) is 2.76. The van der Waals surface area contributed by atoms with E-state index in [4.69, 9.17) is 5.73 Å². The van der Waals surface area contributed by atoms with Crippen molar-refractivity contribution in [3.8, 4) is 0 Å². The normalized spacial score (nSPS) is 17.3. The molecule has 128 valence electrons. The third kappa shape index (κ3) is 3.70. The van der Waals surface area contributed by atoms with Crippen LogP contribution in [0, 0.1) is 29.9 Å². The molecule has 0 spiro atoms. The van der Waals surface area contributed by atoms with Crippen LogP contribution in [0.1, 0.15) is 36.8 Å². The van der Waals surface area contributed by atoms with Gasteiger partial charge >= 0.3 is 0 Å². The monoisotopic (exact) mass is 341 g/mol. The van der Waals surface area contributed by atoms with E-state index >= 15 is 0 Å². The molecule has 0 aromatic heterocycles. The summed E-state index contributed by atoms with van der Waals surface area (Å²) in [7, 11) is -4.01. The molecule has 0 bridgehead atoms. The topological polar surface area (TPSA) is 115 Å². The van der Waals surface area contributed by atoms with Gasteiger partial charge in [-0.2, -0.15) is 0 Å². The van der Waals surface area contributed by atoms with Crippen LogP contribution < -0.4 is 10.5 Å². The molecule has 1 aromatic carbocycles. The van der Waals surface area contributed by atoms with Crippen LogP contribution in [0.15, 0.2) is 17.0 Å². The van der Waals surface area contributed by atoms with Gasteiger partial charge in [-0.15, -0.1) is 0 Å². The number of hydrogen-bond acceptors (Lipinski definition) is 5. The summed E-state index contributed by atoms with van der Waals surface area (Å²) in [5, 5.41) is 11.3. The van der Waals surface area contributed by atoms with E-state index in [2.05, 4.69) is 4.72 Å². The zero-order chi connectivity index (χ0) is 17.2. The number of hydrogen-bond donors (Lipinski definition) is 2. The number of nitro benzene ring substituents is 1. The number of rotatable bonds is 6. The minimum absolute atomic E-state index is 0.183.